The van der Waals surface area contributed by atoms with Crippen LogP contribution in [0.2, 0.25) is 0 Å². The van der Waals surface area contributed by atoms with E-state index < -0.39 is 70.2 Å². The van der Waals surface area contributed by atoms with Crippen LogP contribution in [0.5, 0.6) is 0 Å². The highest BCUT2D eigenvalue weighted by Gasteiger charge is 2.61. The second-order valence-electron chi connectivity index (χ2n) is 15.4. The minimum atomic E-state index is -1.88. The van der Waals surface area contributed by atoms with E-state index in [1.807, 2.05) is 43.3 Å². The van der Waals surface area contributed by atoms with Crippen molar-refractivity contribution in [3.63, 3.8) is 0 Å². The van der Waals surface area contributed by atoms with E-state index in [-0.39, 0.29) is 25.3 Å². The quantitative estimate of drug-likeness (QED) is 0.376. The van der Waals surface area contributed by atoms with Crippen LogP contribution in [-0.4, -0.2) is 79.8 Å². The smallest absolute Gasteiger partial charge is 0.410 e. The van der Waals surface area contributed by atoms with Gasteiger partial charge in [-0.15, -0.1) is 0 Å². The predicted molar refractivity (Wildman–Crippen MR) is 196 cm³/mol. The van der Waals surface area contributed by atoms with Gasteiger partial charge in [0.05, 0.1) is 11.4 Å². The number of aryl methyl sites for hydroxylation is 1. The summed E-state index contributed by atoms with van der Waals surface area (Å²) >= 11 is 0. The van der Waals surface area contributed by atoms with Crippen molar-refractivity contribution in [3.05, 3.63) is 77.4 Å². The molecule has 0 aromatic heterocycles. The van der Waals surface area contributed by atoms with E-state index in [1.165, 1.54) is 4.90 Å². The standard InChI is InChI=1S/C39H49N5O8S/c1-25-16-18-30(19-17-25)53(50)42-35(47)39-21-28(39)14-8-6-5-7-9-15-31(40-36(48)52-38(2,3)4)34(46)44-24-29(20-32(44)33(45)41-39)51-37(49)43-22-26-12-10-11-13-27(26)23-43/h8,10-14,16-19,28-29,31-32H,5-7,9,15,20-24H2,1-4H3,(H,40,48)(H,41,45)(H,42,47)/t28-,29-,31+,32+,39-,53+/m1/s1. The normalized spacial score (nSPS) is 26.5. The number of benzene rings is 2. The molecule has 3 heterocycles. The lowest BCUT2D eigenvalue weighted by Gasteiger charge is -2.30. The van der Waals surface area contributed by atoms with Crippen molar-refractivity contribution < 1.29 is 37.7 Å². The predicted octanol–water partition coefficient (Wildman–Crippen LogP) is 4.54. The van der Waals surface area contributed by atoms with Gasteiger partial charge in [-0.3, -0.25) is 24.0 Å². The molecule has 3 aliphatic heterocycles. The third kappa shape index (κ3) is 9.09. The van der Waals surface area contributed by atoms with Crippen LogP contribution < -0.4 is 15.4 Å². The number of rotatable bonds is 5. The van der Waals surface area contributed by atoms with Gasteiger partial charge in [0.2, 0.25) is 11.8 Å². The molecule has 1 saturated carbocycles. The number of allylic oxidation sites excluding steroid dienone is 1. The summed E-state index contributed by atoms with van der Waals surface area (Å²) in [6, 6.07) is 12.6. The summed E-state index contributed by atoms with van der Waals surface area (Å²) < 4.78 is 27.2. The lowest BCUT2D eigenvalue weighted by atomic mass is 10.0. The largest absolute Gasteiger partial charge is 0.444 e. The number of fused-ring (bicyclic) bond motifs is 3. The molecule has 0 spiro atoms. The van der Waals surface area contributed by atoms with Crippen LogP contribution >= 0.6 is 0 Å². The maximum Gasteiger partial charge on any atom is 0.410 e. The lowest BCUT2D eigenvalue weighted by molar-refractivity contribution is -0.141. The number of hydrogen-bond acceptors (Lipinski definition) is 8. The minimum Gasteiger partial charge on any atom is -0.444 e. The summed E-state index contributed by atoms with van der Waals surface area (Å²) in [7, 11) is -1.88. The Morgan fingerprint density at radius 2 is 1.68 bits per heavy atom. The molecule has 14 heteroatoms. The summed E-state index contributed by atoms with van der Waals surface area (Å²) in [6.07, 6.45) is 5.25. The highest BCUT2D eigenvalue weighted by molar-refractivity contribution is 7.83. The number of amides is 5. The molecule has 3 N–H and O–H groups in total. The third-order valence-corrected chi connectivity index (χ3v) is 11.2. The first-order valence-electron chi connectivity index (χ1n) is 18.3. The molecular formula is C39H49N5O8S. The summed E-state index contributed by atoms with van der Waals surface area (Å²) in [6.45, 7) is 7.76. The van der Waals surface area contributed by atoms with Gasteiger partial charge in [-0.2, -0.15) is 0 Å². The average molecular weight is 748 g/mol. The first-order valence-corrected chi connectivity index (χ1v) is 19.5. The van der Waals surface area contributed by atoms with E-state index in [4.69, 9.17) is 9.47 Å². The van der Waals surface area contributed by atoms with Crippen molar-refractivity contribution in [2.75, 3.05) is 6.54 Å². The molecule has 2 aromatic rings. The van der Waals surface area contributed by atoms with Crippen LogP contribution in [0.25, 0.3) is 0 Å². The van der Waals surface area contributed by atoms with E-state index >= 15 is 0 Å². The minimum absolute atomic E-state index is 0.0171. The molecule has 2 aromatic carbocycles. The first kappa shape index (κ1) is 38.0. The molecule has 0 radical (unpaired) electrons. The van der Waals surface area contributed by atoms with Gasteiger partial charge >= 0.3 is 12.2 Å². The van der Waals surface area contributed by atoms with Crippen molar-refractivity contribution in [1.82, 2.24) is 25.2 Å². The Balaban J connectivity index is 1.25. The Morgan fingerprint density at radius 3 is 2.36 bits per heavy atom. The SMILES string of the molecule is Cc1ccc([S@](=O)NC(=O)[C@@]23C[C@H]2C=CCCCCC[C@H](NC(=O)OC(C)(C)C)C(=O)N2C[C@H](OC(=O)N4Cc5ccccc5C4)C[C@H]2C(=O)N3)cc1. The fourth-order valence-corrected chi connectivity index (χ4v) is 8.04. The molecule has 1 saturated heterocycles. The zero-order chi connectivity index (χ0) is 37.9. The Labute approximate surface area is 312 Å². The van der Waals surface area contributed by atoms with Gasteiger partial charge in [-0.05, 0) is 76.6 Å². The second-order valence-corrected chi connectivity index (χ2v) is 16.6. The first-order chi connectivity index (χ1) is 25.2. The van der Waals surface area contributed by atoms with Gasteiger partial charge in [0.15, 0.2) is 11.0 Å². The molecule has 284 valence electrons. The Kier molecular flexibility index (Phi) is 11.3. The van der Waals surface area contributed by atoms with E-state index in [0.717, 1.165) is 36.0 Å². The van der Waals surface area contributed by atoms with Crippen molar-refractivity contribution in [3.8, 4) is 0 Å². The third-order valence-electron chi connectivity index (χ3n) is 10.1. The van der Waals surface area contributed by atoms with Gasteiger partial charge in [0.1, 0.15) is 29.3 Å². The fraction of sp³-hybridized carbons (Fsp3) is 0.513. The van der Waals surface area contributed by atoms with Gasteiger partial charge in [0.25, 0.3) is 5.91 Å². The number of alkyl carbamates (subject to hydrolysis) is 1. The lowest BCUT2D eigenvalue weighted by Crippen LogP contribution is -2.58. The van der Waals surface area contributed by atoms with Crippen molar-refractivity contribution in [1.29, 1.82) is 0 Å². The number of nitrogens with zero attached hydrogens (tertiary/aromatic N) is 2. The topological polar surface area (TPSA) is 163 Å². The van der Waals surface area contributed by atoms with Crippen molar-refractivity contribution >= 4 is 40.9 Å². The molecular weight excluding hydrogens is 699 g/mol. The molecule has 2 fully saturated rings. The molecule has 4 aliphatic rings. The average Bonchev–Trinajstić information content (AvgIpc) is 3.40. The summed E-state index contributed by atoms with van der Waals surface area (Å²) in [4.78, 5) is 72.2. The van der Waals surface area contributed by atoms with Crippen LogP contribution in [0.15, 0.2) is 65.6 Å². The number of nitrogens with one attached hydrogen (secondary N) is 3. The van der Waals surface area contributed by atoms with Crippen LogP contribution in [0.3, 0.4) is 0 Å². The Morgan fingerprint density at radius 1 is 0.981 bits per heavy atom. The molecule has 6 rings (SSSR count). The van der Waals surface area contributed by atoms with Gasteiger partial charge in [0, 0.05) is 25.4 Å². The second kappa shape index (κ2) is 15.7. The molecule has 1 aliphatic carbocycles. The Hall–Kier alpha value is -4.72. The van der Waals surface area contributed by atoms with Gasteiger partial charge in [-0.25, -0.2) is 13.8 Å². The van der Waals surface area contributed by atoms with E-state index in [0.29, 0.717) is 30.8 Å². The summed E-state index contributed by atoms with van der Waals surface area (Å²) in [5, 5.41) is 5.66. The molecule has 53 heavy (non-hydrogen) atoms. The highest BCUT2D eigenvalue weighted by Crippen LogP contribution is 2.46. The zero-order valence-corrected chi connectivity index (χ0v) is 31.5. The van der Waals surface area contributed by atoms with Gasteiger partial charge in [-0.1, -0.05) is 67.0 Å². The Bertz CT molecular complexity index is 1770. The molecule has 5 amide bonds. The monoisotopic (exact) mass is 747 g/mol. The highest BCUT2D eigenvalue weighted by atomic mass is 32.2. The van der Waals surface area contributed by atoms with Gasteiger partial charge < -0.3 is 25.0 Å². The van der Waals surface area contributed by atoms with Crippen LogP contribution in [0.4, 0.5) is 9.59 Å². The molecule has 0 unspecified atom stereocenters. The van der Waals surface area contributed by atoms with Crippen LogP contribution in [-0.2, 0) is 47.9 Å². The summed E-state index contributed by atoms with van der Waals surface area (Å²) in [5.41, 5.74) is 0.824. The number of carbonyl (C=O) groups excluding carboxylic acids is 5. The van der Waals surface area contributed by atoms with Crippen LogP contribution in [0.1, 0.15) is 82.4 Å². The molecule has 13 nitrogen and oxygen atoms in total. The number of hydrogen-bond donors (Lipinski definition) is 3. The van der Waals surface area contributed by atoms with E-state index in [2.05, 4.69) is 15.4 Å². The van der Waals surface area contributed by atoms with Crippen molar-refractivity contribution in [2.24, 2.45) is 5.92 Å². The molecule has 0 bridgehead atoms. The maximum atomic E-state index is 14.4. The summed E-state index contributed by atoms with van der Waals surface area (Å²) in [5.74, 6) is -2.07. The van der Waals surface area contributed by atoms with Crippen molar-refractivity contribution in [2.45, 2.75) is 120 Å². The number of ether oxygens (including phenoxy) is 2. The van der Waals surface area contributed by atoms with E-state index in [1.54, 1.807) is 49.9 Å². The van der Waals surface area contributed by atoms with Crippen LogP contribution in [0, 0.1) is 12.8 Å². The van der Waals surface area contributed by atoms with E-state index in [9.17, 15) is 28.2 Å². The fourth-order valence-electron chi connectivity index (χ4n) is 7.19. The number of carbonyl (C=O) groups is 5. The maximum absolute atomic E-state index is 14.4. The molecule has 6 atom stereocenters. The zero-order valence-electron chi connectivity index (χ0n) is 30.7.